The minimum Gasteiger partial charge on any atom is -0.481 e. The Morgan fingerprint density at radius 3 is 2.33 bits per heavy atom. The molecule has 1 atom stereocenters. The fourth-order valence-electron chi connectivity index (χ4n) is 1.57. The number of nitrogens with one attached hydrogen (secondary N) is 1. The molecule has 0 aromatic heterocycles. The number of halogens is 3. The van der Waals surface area contributed by atoms with E-state index in [1.807, 2.05) is 5.32 Å². The van der Waals surface area contributed by atoms with E-state index in [4.69, 9.17) is 5.11 Å². The second kappa shape index (κ2) is 7.92. The van der Waals surface area contributed by atoms with Crippen molar-refractivity contribution in [2.24, 2.45) is 0 Å². The average Bonchev–Trinajstić information content (AvgIpc) is 2.37. The van der Waals surface area contributed by atoms with Gasteiger partial charge in [-0.2, -0.15) is 13.2 Å². The van der Waals surface area contributed by atoms with Crippen LogP contribution >= 0.6 is 11.8 Å². The molecule has 0 bridgehead atoms. The Kier molecular flexibility index (Phi) is 6.54. The highest BCUT2D eigenvalue weighted by atomic mass is 32.2. The number of carbonyl (C=O) groups excluding carboxylic acids is 1. The van der Waals surface area contributed by atoms with Crippen molar-refractivity contribution in [1.82, 2.24) is 5.32 Å². The highest BCUT2D eigenvalue weighted by Gasteiger charge is 2.40. The zero-order chi connectivity index (χ0) is 15.9. The Balaban J connectivity index is 2.58. The lowest BCUT2D eigenvalue weighted by Gasteiger charge is -2.21. The fourth-order valence-corrected chi connectivity index (χ4v) is 2.11. The summed E-state index contributed by atoms with van der Waals surface area (Å²) >= 11 is 0.749. The van der Waals surface area contributed by atoms with Gasteiger partial charge in [-0.1, -0.05) is 30.3 Å². The first-order valence-corrected chi connectivity index (χ1v) is 7.14. The van der Waals surface area contributed by atoms with Crippen LogP contribution in [0.2, 0.25) is 0 Å². The average molecular weight is 321 g/mol. The van der Waals surface area contributed by atoms with E-state index in [0.29, 0.717) is 5.56 Å². The molecule has 0 aliphatic heterocycles. The van der Waals surface area contributed by atoms with Gasteiger partial charge in [0.2, 0.25) is 5.91 Å². The lowest BCUT2D eigenvalue weighted by molar-refractivity contribution is -0.160. The number of carboxylic acids is 1. The van der Waals surface area contributed by atoms with Crippen molar-refractivity contribution < 1.29 is 27.9 Å². The first-order chi connectivity index (χ1) is 9.79. The summed E-state index contributed by atoms with van der Waals surface area (Å²) in [5, 5.41) is 10.3. The van der Waals surface area contributed by atoms with Gasteiger partial charge in [0.25, 0.3) is 0 Å². The normalized spacial score (nSPS) is 12.7. The van der Waals surface area contributed by atoms with Gasteiger partial charge in [-0.25, -0.2) is 0 Å². The summed E-state index contributed by atoms with van der Waals surface area (Å²) in [6, 6.07) is 6.03. The van der Waals surface area contributed by atoms with Crippen molar-refractivity contribution in [1.29, 1.82) is 0 Å². The van der Waals surface area contributed by atoms with Gasteiger partial charge in [-0.05, 0) is 5.56 Å². The summed E-state index contributed by atoms with van der Waals surface area (Å²) < 4.78 is 38.7. The van der Waals surface area contributed by atoms with Crippen LogP contribution in [-0.2, 0) is 16.0 Å². The van der Waals surface area contributed by atoms with E-state index in [1.54, 1.807) is 30.3 Å². The van der Waals surface area contributed by atoms with Gasteiger partial charge >= 0.3 is 12.1 Å². The van der Waals surface area contributed by atoms with Crippen LogP contribution in [0.15, 0.2) is 30.3 Å². The molecule has 0 aliphatic carbocycles. The topological polar surface area (TPSA) is 66.4 Å². The molecule has 0 spiro atoms. The molecule has 1 amide bonds. The van der Waals surface area contributed by atoms with Crippen molar-refractivity contribution >= 4 is 23.6 Å². The van der Waals surface area contributed by atoms with Gasteiger partial charge < -0.3 is 10.4 Å². The maximum atomic E-state index is 12.9. The number of carboxylic acid groups (broad SMARTS) is 1. The van der Waals surface area contributed by atoms with E-state index in [9.17, 15) is 22.8 Å². The molecule has 1 unspecified atom stereocenters. The Morgan fingerprint density at radius 1 is 1.19 bits per heavy atom. The van der Waals surface area contributed by atoms with E-state index in [0.717, 1.165) is 11.8 Å². The second-order valence-corrected chi connectivity index (χ2v) is 5.22. The Labute approximate surface area is 123 Å². The van der Waals surface area contributed by atoms with Gasteiger partial charge in [0.05, 0.1) is 11.5 Å². The zero-order valence-corrected chi connectivity index (χ0v) is 11.7. The Hall–Kier alpha value is -1.70. The van der Waals surface area contributed by atoms with Gasteiger partial charge in [-0.3, -0.25) is 9.59 Å². The fraction of sp³-hybridized carbons (Fsp3) is 0.385. The number of rotatable bonds is 7. The summed E-state index contributed by atoms with van der Waals surface area (Å²) in [5.41, 5.74) is 0.457. The molecule has 0 heterocycles. The molecule has 0 fully saturated rings. The first kappa shape index (κ1) is 17.4. The quantitative estimate of drug-likeness (QED) is 0.807. The van der Waals surface area contributed by atoms with Crippen molar-refractivity contribution in [3.63, 3.8) is 0 Å². The monoisotopic (exact) mass is 321 g/mol. The number of alkyl halides is 3. The summed E-state index contributed by atoms with van der Waals surface area (Å²) in [6.45, 7) is 0. The number of thioether (sulfide) groups is 1. The number of benzene rings is 1. The lowest BCUT2D eigenvalue weighted by atomic mass is 10.1. The molecule has 8 heteroatoms. The minimum atomic E-state index is -4.57. The summed E-state index contributed by atoms with van der Waals surface area (Å²) in [7, 11) is 0. The predicted molar refractivity (Wildman–Crippen MR) is 73.1 cm³/mol. The molecule has 21 heavy (non-hydrogen) atoms. The predicted octanol–water partition coefficient (Wildman–Crippen LogP) is 2.09. The molecular formula is C13H14F3NO3S. The molecule has 0 saturated heterocycles. The number of amides is 1. The second-order valence-electron chi connectivity index (χ2n) is 4.24. The molecule has 4 nitrogen and oxygen atoms in total. The maximum Gasteiger partial charge on any atom is 0.408 e. The molecule has 0 aliphatic rings. The number of hydrogen-bond donors (Lipinski definition) is 2. The van der Waals surface area contributed by atoms with Crippen LogP contribution in [0.3, 0.4) is 0 Å². The number of aliphatic carboxylic acids is 1. The van der Waals surface area contributed by atoms with Crippen molar-refractivity contribution in [3.8, 4) is 0 Å². The van der Waals surface area contributed by atoms with Crippen LogP contribution in [0.25, 0.3) is 0 Å². The van der Waals surface area contributed by atoms with E-state index in [-0.39, 0.29) is 17.9 Å². The largest absolute Gasteiger partial charge is 0.481 e. The van der Waals surface area contributed by atoms with Crippen LogP contribution in [0.4, 0.5) is 13.2 Å². The van der Waals surface area contributed by atoms with E-state index in [2.05, 4.69) is 0 Å². The van der Waals surface area contributed by atoms with Crippen molar-refractivity contribution in [2.45, 2.75) is 18.6 Å². The van der Waals surface area contributed by atoms with E-state index < -0.39 is 24.1 Å². The molecular weight excluding hydrogens is 307 g/mol. The zero-order valence-electron chi connectivity index (χ0n) is 10.9. The minimum absolute atomic E-state index is 0.326. The summed E-state index contributed by atoms with van der Waals surface area (Å²) in [5.74, 6) is -2.61. The standard InChI is InChI=1S/C13H14F3NO3S/c14-13(15,16)10(6-9-4-2-1-3-5-9)17-11(18)7-21-8-12(19)20/h1-5,10H,6-8H2,(H,17,18)(H,19,20). The SMILES string of the molecule is O=C(O)CSCC(=O)NC(Cc1ccccc1)C(F)(F)F. The first-order valence-electron chi connectivity index (χ1n) is 5.98. The summed E-state index contributed by atoms with van der Waals surface area (Å²) in [6.07, 6.45) is -4.93. The van der Waals surface area contributed by atoms with Gasteiger partial charge in [0.15, 0.2) is 0 Å². The Morgan fingerprint density at radius 2 is 1.81 bits per heavy atom. The smallest absolute Gasteiger partial charge is 0.408 e. The van der Waals surface area contributed by atoms with Crippen LogP contribution < -0.4 is 5.32 Å². The molecule has 116 valence electrons. The van der Waals surface area contributed by atoms with E-state index in [1.165, 1.54) is 0 Å². The third-order valence-electron chi connectivity index (χ3n) is 2.47. The Bertz CT molecular complexity index is 479. The number of hydrogen-bond acceptors (Lipinski definition) is 3. The summed E-state index contributed by atoms with van der Waals surface area (Å²) in [4.78, 5) is 21.7. The third-order valence-corrected chi connectivity index (χ3v) is 3.39. The molecule has 1 aromatic carbocycles. The van der Waals surface area contributed by atoms with Gasteiger partial charge in [0.1, 0.15) is 6.04 Å². The molecule has 1 aromatic rings. The van der Waals surface area contributed by atoms with Gasteiger partial charge in [0, 0.05) is 6.42 Å². The van der Waals surface area contributed by atoms with Crippen LogP contribution in [-0.4, -0.2) is 40.7 Å². The van der Waals surface area contributed by atoms with Crippen LogP contribution in [0, 0.1) is 0 Å². The van der Waals surface area contributed by atoms with Crippen LogP contribution in [0.5, 0.6) is 0 Å². The number of carbonyl (C=O) groups is 2. The van der Waals surface area contributed by atoms with Crippen molar-refractivity contribution in [3.05, 3.63) is 35.9 Å². The highest BCUT2D eigenvalue weighted by molar-refractivity contribution is 8.00. The lowest BCUT2D eigenvalue weighted by Crippen LogP contribution is -2.47. The molecule has 2 N–H and O–H groups in total. The van der Waals surface area contributed by atoms with Gasteiger partial charge in [-0.15, -0.1) is 11.8 Å². The molecule has 0 saturated carbocycles. The van der Waals surface area contributed by atoms with Crippen molar-refractivity contribution in [2.75, 3.05) is 11.5 Å². The van der Waals surface area contributed by atoms with Crippen LogP contribution in [0.1, 0.15) is 5.56 Å². The molecule has 0 radical (unpaired) electrons. The third kappa shape index (κ3) is 7.03. The van der Waals surface area contributed by atoms with E-state index >= 15 is 0 Å². The maximum absolute atomic E-state index is 12.9. The highest BCUT2D eigenvalue weighted by Crippen LogP contribution is 2.23. The molecule has 1 rings (SSSR count).